The van der Waals surface area contributed by atoms with Crippen LogP contribution >= 0.6 is 12.2 Å². The molecule has 0 unspecified atom stereocenters. The van der Waals surface area contributed by atoms with Crippen molar-refractivity contribution in [1.29, 1.82) is 0 Å². The maximum absolute atomic E-state index is 8.52. The maximum Gasteiger partial charge on any atom is 2.00 e. The molecule has 0 saturated carbocycles. The number of ether oxygens (including phenoxy) is 1. The predicted octanol–water partition coefficient (Wildman–Crippen LogP) is 0.294. The Morgan fingerprint density at radius 2 is 1.86 bits per heavy atom. The molecule has 1 radical (unpaired) electrons. The molecule has 5 nitrogen and oxygen atoms in total. The number of hydrogen-bond acceptors (Lipinski definition) is 7. The summed E-state index contributed by atoms with van der Waals surface area (Å²) in [6.07, 6.45) is 2.16. The molecule has 0 aliphatic rings. The number of thiocarbonyl (C=S) groups is 1. The van der Waals surface area contributed by atoms with Crippen molar-refractivity contribution in [3.8, 4) is 0 Å². The molecule has 0 spiro atoms. The Bertz CT molecular complexity index is 220. The first-order chi connectivity index (χ1) is 5.77. The minimum absolute atomic E-state index is 0. The summed E-state index contributed by atoms with van der Waals surface area (Å²) in [6, 6.07) is 0. The molecule has 0 aromatic rings. The third-order valence-corrected chi connectivity index (χ3v) is 0.954. The molecule has 0 saturated heterocycles. The molecule has 0 heterocycles. The Morgan fingerprint density at radius 1 is 1.50 bits per heavy atom. The Kier molecular flexibility index (Phi) is 16.5. The summed E-state index contributed by atoms with van der Waals surface area (Å²) in [5.41, 5.74) is 0. The van der Waals surface area contributed by atoms with Gasteiger partial charge in [0.2, 0.25) is 0 Å². The number of hydrogen-bond donors (Lipinski definition) is 0. The van der Waals surface area contributed by atoms with E-state index >= 15 is 0 Å². The van der Waals surface area contributed by atoms with Gasteiger partial charge in [0, 0.05) is 14.8 Å². The smallest absolute Gasteiger partial charge is 0.759 e. The van der Waals surface area contributed by atoms with Gasteiger partial charge in [-0.15, -0.1) is 0 Å². The second-order valence-corrected chi connectivity index (χ2v) is 3.68. The molecule has 0 fully saturated rings. The van der Waals surface area contributed by atoms with Crippen LogP contribution in [0, 0.1) is 0 Å². The van der Waals surface area contributed by atoms with Crippen molar-refractivity contribution in [2.45, 2.75) is 19.8 Å². The van der Waals surface area contributed by atoms with E-state index in [2.05, 4.69) is 31.8 Å². The summed E-state index contributed by atoms with van der Waals surface area (Å²) >= 11 is 9.00. The number of rotatable bonds is 3. The van der Waals surface area contributed by atoms with Gasteiger partial charge in [0.05, 0.1) is 6.61 Å². The molecule has 0 bridgehead atoms. The van der Waals surface area contributed by atoms with Crippen LogP contribution in [-0.4, -0.2) is 28.5 Å². The summed E-state index contributed by atoms with van der Waals surface area (Å²) in [5, 5.41) is 0. The van der Waals surface area contributed by atoms with E-state index in [1.165, 1.54) is 0 Å². The van der Waals surface area contributed by atoms with E-state index in [1.54, 1.807) is 0 Å². The van der Waals surface area contributed by atoms with Gasteiger partial charge >= 0.3 is 17.1 Å². The van der Waals surface area contributed by atoms with Gasteiger partial charge in [-0.05, 0) is 6.42 Å². The monoisotopic (exact) mass is 308 g/mol. The Hall–Kier alpha value is 0.499. The van der Waals surface area contributed by atoms with E-state index in [4.69, 9.17) is 22.3 Å². The van der Waals surface area contributed by atoms with Crippen molar-refractivity contribution in [3.05, 3.63) is 0 Å². The van der Waals surface area contributed by atoms with Crippen molar-refractivity contribution in [2.75, 3.05) is 6.61 Å². The van der Waals surface area contributed by atoms with Crippen LogP contribution in [0.2, 0.25) is 0 Å². The fourth-order valence-corrected chi connectivity index (χ4v) is 0.467. The van der Waals surface area contributed by atoms with Crippen molar-refractivity contribution >= 4 is 39.6 Å². The normalized spacial score (nSPS) is 9.07. The average molecular weight is 309 g/mol. The second-order valence-electron chi connectivity index (χ2n) is 1.86. The van der Waals surface area contributed by atoms with Gasteiger partial charge < -0.3 is 38.7 Å². The molecular formula is C5H9CuO5S3-. The summed E-state index contributed by atoms with van der Waals surface area (Å²) in [5.74, 6) is 0. The topological polar surface area (TPSA) is 89.5 Å². The molecule has 0 aliphatic carbocycles. The molecule has 9 heteroatoms. The first-order valence-corrected chi connectivity index (χ1v) is 5.42. The first kappa shape index (κ1) is 20.0. The number of unbranched alkanes of at least 4 members (excludes halogenated alkanes) is 1. The summed E-state index contributed by atoms with van der Waals surface area (Å²) in [7, 11) is -5.17. The van der Waals surface area contributed by atoms with Gasteiger partial charge in [0.25, 0.3) is 0 Å². The van der Waals surface area contributed by atoms with Gasteiger partial charge in [0.15, 0.2) is 0 Å². The quantitative estimate of drug-likeness (QED) is 0.185. The minimum atomic E-state index is -5.17. The predicted molar refractivity (Wildman–Crippen MR) is 51.3 cm³/mol. The van der Waals surface area contributed by atoms with Crippen LogP contribution in [0.4, 0.5) is 0 Å². The molecule has 0 atom stereocenters. The van der Waals surface area contributed by atoms with Crippen LogP contribution in [0.3, 0.4) is 0 Å². The minimum Gasteiger partial charge on any atom is -0.759 e. The maximum atomic E-state index is 8.52. The van der Waals surface area contributed by atoms with Gasteiger partial charge in [-0.25, -0.2) is 0 Å². The molecular weight excluding hydrogens is 300 g/mol. The van der Waals surface area contributed by atoms with E-state index in [0.717, 1.165) is 12.8 Å². The van der Waals surface area contributed by atoms with E-state index in [9.17, 15) is 0 Å². The van der Waals surface area contributed by atoms with E-state index in [1.807, 2.05) is 0 Å². The van der Waals surface area contributed by atoms with Crippen LogP contribution < -0.4 is 0 Å². The zero-order chi connectivity index (χ0) is 10.9. The van der Waals surface area contributed by atoms with Gasteiger partial charge in [-0.3, -0.25) is 8.42 Å². The zero-order valence-electron chi connectivity index (χ0n) is 7.19. The fourth-order valence-electron chi connectivity index (χ4n) is 0.300. The van der Waals surface area contributed by atoms with Crippen LogP contribution in [0.25, 0.3) is 0 Å². The Balaban J connectivity index is -0.000000177. The molecule has 0 aliphatic heterocycles. The molecule has 0 rings (SSSR count). The Morgan fingerprint density at radius 3 is 2.07 bits per heavy atom. The summed E-state index contributed by atoms with van der Waals surface area (Å²) in [6.45, 7) is 2.77. The molecule has 0 aromatic heterocycles. The van der Waals surface area contributed by atoms with E-state index < -0.39 is 10.4 Å². The SMILES string of the molecule is CCCCOC(=S)[S-].O=S(=O)([O-])[O-].[Cu+2]. The molecule has 0 aromatic carbocycles. The van der Waals surface area contributed by atoms with Gasteiger partial charge in [-0.1, -0.05) is 13.3 Å². The standard InChI is InChI=1S/C5H10OS2.Cu.H2O4S/c1-2-3-4-6-5(7)8;;1-5(2,3)4/h2-4H2,1H3,(H,7,8);;(H2,1,2,3,4)/q;+2;/p-3. The summed E-state index contributed by atoms with van der Waals surface area (Å²) in [4.78, 5) is 0. The summed E-state index contributed by atoms with van der Waals surface area (Å²) < 4.78 is 39.1. The molecule has 89 valence electrons. The first-order valence-electron chi connectivity index (χ1n) is 3.27. The van der Waals surface area contributed by atoms with Crippen LogP contribution in [0.1, 0.15) is 19.8 Å². The van der Waals surface area contributed by atoms with Crippen LogP contribution in [0.5, 0.6) is 0 Å². The molecule has 0 amide bonds. The molecule has 14 heavy (non-hydrogen) atoms. The molecule has 0 N–H and O–H groups in total. The van der Waals surface area contributed by atoms with Crippen molar-refractivity contribution < 1.29 is 39.3 Å². The third kappa shape index (κ3) is 54.7. The van der Waals surface area contributed by atoms with Crippen molar-refractivity contribution in [1.82, 2.24) is 0 Å². The van der Waals surface area contributed by atoms with Gasteiger partial charge in [0.1, 0.15) is 0 Å². The van der Waals surface area contributed by atoms with Crippen LogP contribution in [0.15, 0.2) is 0 Å². The average Bonchev–Trinajstić information content (AvgIpc) is 1.83. The second kappa shape index (κ2) is 11.6. The zero-order valence-corrected chi connectivity index (χ0v) is 10.6. The largest absolute Gasteiger partial charge is 2.00 e. The van der Waals surface area contributed by atoms with E-state index in [-0.39, 0.29) is 21.5 Å². The van der Waals surface area contributed by atoms with Crippen LogP contribution in [-0.2, 0) is 44.8 Å². The van der Waals surface area contributed by atoms with E-state index in [0.29, 0.717) is 6.61 Å². The van der Waals surface area contributed by atoms with Crippen molar-refractivity contribution in [3.63, 3.8) is 0 Å². The van der Waals surface area contributed by atoms with Crippen molar-refractivity contribution in [2.24, 2.45) is 0 Å². The van der Waals surface area contributed by atoms with Gasteiger partial charge in [-0.2, -0.15) is 0 Å². The Labute approximate surface area is 105 Å². The fraction of sp³-hybridized carbons (Fsp3) is 0.800. The third-order valence-electron chi connectivity index (χ3n) is 0.718.